The molecule has 3 N–H and O–H groups in total. The van der Waals surface area contributed by atoms with E-state index in [-0.39, 0.29) is 11.9 Å². The number of pyridine rings is 1. The van der Waals surface area contributed by atoms with Crippen LogP contribution < -0.4 is 11.1 Å². The van der Waals surface area contributed by atoms with Crippen LogP contribution in [0.5, 0.6) is 0 Å². The molecule has 0 aliphatic carbocycles. The van der Waals surface area contributed by atoms with Crippen LogP contribution >= 0.6 is 0 Å². The molecule has 3 amide bonds. The quantitative estimate of drug-likeness (QED) is 0.757. The van der Waals surface area contributed by atoms with Gasteiger partial charge in [0, 0.05) is 31.1 Å². The third-order valence-electron chi connectivity index (χ3n) is 4.65. The lowest BCUT2D eigenvalue weighted by Crippen LogP contribution is -2.58. The number of nitrogens with two attached hydrogens (primary N) is 1. The first-order valence-electron chi connectivity index (χ1n) is 9.20. The van der Waals surface area contributed by atoms with E-state index < -0.39 is 17.2 Å². The Balaban J connectivity index is 2.00. The van der Waals surface area contributed by atoms with Gasteiger partial charge in [0.25, 0.3) is 0 Å². The van der Waals surface area contributed by atoms with Gasteiger partial charge in [0.1, 0.15) is 5.82 Å². The SMILES string of the molecule is CCc1cc(NC(=O)C(=O)N2CCN(C(=O)C(C)(C)C)C(C)C2)cnc1N. The molecule has 8 heteroatoms. The maximum atomic E-state index is 12.5. The van der Waals surface area contributed by atoms with Crippen molar-refractivity contribution in [2.75, 3.05) is 30.7 Å². The summed E-state index contributed by atoms with van der Waals surface area (Å²) in [5, 5.41) is 2.59. The number of amides is 3. The van der Waals surface area contributed by atoms with E-state index in [0.717, 1.165) is 5.56 Å². The summed E-state index contributed by atoms with van der Waals surface area (Å²) in [6.07, 6.45) is 2.11. The molecule has 8 nitrogen and oxygen atoms in total. The molecule has 0 saturated carbocycles. The summed E-state index contributed by atoms with van der Waals surface area (Å²) in [5.74, 6) is -0.868. The van der Waals surface area contributed by atoms with Crippen molar-refractivity contribution in [2.45, 2.75) is 47.1 Å². The summed E-state index contributed by atoms with van der Waals surface area (Å²) in [5.41, 5.74) is 6.53. The molecule has 1 unspecified atom stereocenters. The second kappa shape index (κ2) is 7.94. The maximum absolute atomic E-state index is 12.5. The molecule has 27 heavy (non-hydrogen) atoms. The largest absolute Gasteiger partial charge is 0.383 e. The van der Waals surface area contributed by atoms with Crippen molar-refractivity contribution in [1.29, 1.82) is 0 Å². The van der Waals surface area contributed by atoms with E-state index in [1.54, 1.807) is 11.0 Å². The molecule has 1 fully saturated rings. The third-order valence-corrected chi connectivity index (χ3v) is 4.65. The summed E-state index contributed by atoms with van der Waals surface area (Å²) < 4.78 is 0. The standard InChI is InChI=1S/C19H29N5O3/c1-6-13-9-14(10-21-15(13)20)22-16(25)17(26)23-7-8-24(12(2)11-23)18(27)19(3,4)5/h9-10,12H,6-8,11H2,1-5H3,(H2,20,21)(H,22,25). The van der Waals surface area contributed by atoms with Gasteiger partial charge in [0.05, 0.1) is 11.9 Å². The van der Waals surface area contributed by atoms with Crippen molar-refractivity contribution in [2.24, 2.45) is 5.41 Å². The molecule has 1 aliphatic rings. The van der Waals surface area contributed by atoms with Gasteiger partial charge in [-0.2, -0.15) is 0 Å². The van der Waals surface area contributed by atoms with Gasteiger partial charge in [-0.05, 0) is 25.0 Å². The lowest BCUT2D eigenvalue weighted by atomic mass is 9.93. The highest BCUT2D eigenvalue weighted by atomic mass is 16.2. The number of hydrogen-bond donors (Lipinski definition) is 2. The molecule has 0 aromatic carbocycles. The van der Waals surface area contributed by atoms with Gasteiger partial charge in [0.15, 0.2) is 0 Å². The van der Waals surface area contributed by atoms with Crippen molar-refractivity contribution in [3.05, 3.63) is 17.8 Å². The lowest BCUT2D eigenvalue weighted by Gasteiger charge is -2.42. The molecule has 1 aromatic heterocycles. The van der Waals surface area contributed by atoms with Gasteiger partial charge in [-0.1, -0.05) is 27.7 Å². The molecule has 0 spiro atoms. The van der Waals surface area contributed by atoms with Crippen LogP contribution in [0.4, 0.5) is 11.5 Å². The number of nitrogens with zero attached hydrogens (tertiary/aromatic N) is 3. The molecule has 2 rings (SSSR count). The van der Waals surface area contributed by atoms with E-state index in [4.69, 9.17) is 5.73 Å². The number of rotatable bonds is 2. The first kappa shape index (κ1) is 20.7. The second-order valence-electron chi connectivity index (χ2n) is 7.92. The predicted octanol–water partition coefficient (Wildman–Crippen LogP) is 1.27. The highest BCUT2D eigenvalue weighted by Gasteiger charge is 2.36. The average Bonchev–Trinajstić information content (AvgIpc) is 2.61. The third kappa shape index (κ3) is 4.75. The fourth-order valence-corrected chi connectivity index (χ4v) is 3.08. The molecular formula is C19H29N5O3. The molecular weight excluding hydrogens is 346 g/mol. The van der Waals surface area contributed by atoms with E-state index in [2.05, 4.69) is 10.3 Å². The Morgan fingerprint density at radius 2 is 1.96 bits per heavy atom. The zero-order valence-electron chi connectivity index (χ0n) is 16.7. The van der Waals surface area contributed by atoms with E-state index in [0.29, 0.717) is 37.6 Å². The Hall–Kier alpha value is -2.64. The van der Waals surface area contributed by atoms with Gasteiger partial charge in [-0.3, -0.25) is 14.4 Å². The van der Waals surface area contributed by atoms with Crippen molar-refractivity contribution < 1.29 is 14.4 Å². The fourth-order valence-electron chi connectivity index (χ4n) is 3.08. The minimum atomic E-state index is -0.716. The van der Waals surface area contributed by atoms with Crippen LogP contribution in [0.15, 0.2) is 12.3 Å². The molecule has 1 atom stereocenters. The van der Waals surface area contributed by atoms with Gasteiger partial charge in [-0.25, -0.2) is 4.98 Å². The summed E-state index contributed by atoms with van der Waals surface area (Å²) in [7, 11) is 0. The number of aromatic nitrogens is 1. The average molecular weight is 375 g/mol. The van der Waals surface area contributed by atoms with Crippen molar-refractivity contribution in [1.82, 2.24) is 14.8 Å². The molecule has 0 bridgehead atoms. The Morgan fingerprint density at radius 1 is 1.30 bits per heavy atom. The van der Waals surface area contributed by atoms with E-state index in [1.807, 2.05) is 34.6 Å². The van der Waals surface area contributed by atoms with Gasteiger partial charge in [0.2, 0.25) is 5.91 Å². The van der Waals surface area contributed by atoms with Crippen molar-refractivity contribution in [3.63, 3.8) is 0 Å². The smallest absolute Gasteiger partial charge is 0.313 e. The molecule has 1 aliphatic heterocycles. The van der Waals surface area contributed by atoms with Crippen molar-refractivity contribution in [3.8, 4) is 0 Å². The number of hydrogen-bond acceptors (Lipinski definition) is 5. The Bertz CT molecular complexity index is 741. The number of piperazine rings is 1. The normalized spacial score (nSPS) is 17.6. The van der Waals surface area contributed by atoms with Crippen LogP contribution in [0.25, 0.3) is 0 Å². The number of nitrogen functional groups attached to an aromatic ring is 1. The second-order valence-corrected chi connectivity index (χ2v) is 7.92. The number of aryl methyl sites for hydroxylation is 1. The zero-order valence-corrected chi connectivity index (χ0v) is 16.7. The molecule has 148 valence electrons. The molecule has 1 aromatic rings. The summed E-state index contributed by atoms with van der Waals surface area (Å²) in [6.45, 7) is 10.5. The van der Waals surface area contributed by atoms with E-state index >= 15 is 0 Å². The van der Waals surface area contributed by atoms with Crippen LogP contribution in [-0.2, 0) is 20.8 Å². The Kier molecular flexibility index (Phi) is 6.08. The summed E-state index contributed by atoms with van der Waals surface area (Å²) in [4.78, 5) is 44.6. The first-order chi connectivity index (χ1) is 12.5. The zero-order chi connectivity index (χ0) is 20.4. The molecule has 1 saturated heterocycles. The maximum Gasteiger partial charge on any atom is 0.313 e. The lowest BCUT2D eigenvalue weighted by molar-refractivity contribution is -0.150. The molecule has 0 radical (unpaired) electrons. The van der Waals surface area contributed by atoms with Crippen LogP contribution in [0.1, 0.15) is 40.2 Å². The highest BCUT2D eigenvalue weighted by Crippen LogP contribution is 2.22. The summed E-state index contributed by atoms with van der Waals surface area (Å²) in [6, 6.07) is 1.57. The van der Waals surface area contributed by atoms with Crippen LogP contribution in [0.3, 0.4) is 0 Å². The highest BCUT2D eigenvalue weighted by molar-refractivity contribution is 6.39. The van der Waals surface area contributed by atoms with Crippen LogP contribution in [0.2, 0.25) is 0 Å². The number of carbonyl (C=O) groups excluding carboxylic acids is 3. The van der Waals surface area contributed by atoms with Crippen LogP contribution in [0, 0.1) is 5.41 Å². The number of nitrogens with one attached hydrogen (secondary N) is 1. The molecule has 2 heterocycles. The minimum Gasteiger partial charge on any atom is -0.383 e. The first-order valence-corrected chi connectivity index (χ1v) is 9.20. The summed E-state index contributed by atoms with van der Waals surface area (Å²) >= 11 is 0. The topological polar surface area (TPSA) is 109 Å². The predicted molar refractivity (Wildman–Crippen MR) is 104 cm³/mol. The van der Waals surface area contributed by atoms with Crippen LogP contribution in [-0.4, -0.2) is 58.2 Å². The van der Waals surface area contributed by atoms with Gasteiger partial charge >= 0.3 is 11.8 Å². The van der Waals surface area contributed by atoms with E-state index in [9.17, 15) is 14.4 Å². The monoisotopic (exact) mass is 375 g/mol. The number of carbonyl (C=O) groups is 3. The Labute approximate surface area is 160 Å². The van der Waals surface area contributed by atoms with Crippen molar-refractivity contribution >= 4 is 29.2 Å². The fraction of sp³-hybridized carbons (Fsp3) is 0.579. The van der Waals surface area contributed by atoms with Gasteiger partial charge in [-0.15, -0.1) is 0 Å². The van der Waals surface area contributed by atoms with E-state index in [1.165, 1.54) is 11.1 Å². The number of anilines is 2. The Morgan fingerprint density at radius 3 is 2.52 bits per heavy atom. The minimum absolute atomic E-state index is 0.0478. The van der Waals surface area contributed by atoms with Gasteiger partial charge < -0.3 is 20.9 Å².